The highest BCUT2D eigenvalue weighted by atomic mass is 16.7. The smallest absolute Gasteiger partial charge is 0.159 e. The molecule has 3 nitrogen and oxygen atoms in total. The maximum Gasteiger partial charge on any atom is 0.159 e. The van der Waals surface area contributed by atoms with Crippen LogP contribution in [0, 0.1) is 11.8 Å². The third kappa shape index (κ3) is 2.96. The summed E-state index contributed by atoms with van der Waals surface area (Å²) in [5, 5.41) is 0. The Kier molecular flexibility index (Phi) is 4.62. The van der Waals surface area contributed by atoms with E-state index >= 15 is 0 Å². The minimum absolute atomic E-state index is 0.0329. The molecule has 0 aromatic heterocycles. The van der Waals surface area contributed by atoms with Gasteiger partial charge < -0.3 is 15.2 Å². The Morgan fingerprint density at radius 1 is 1.19 bits per heavy atom. The Bertz CT molecular complexity index is 204. The molecule has 16 heavy (non-hydrogen) atoms. The fourth-order valence-corrected chi connectivity index (χ4v) is 3.25. The zero-order valence-electron chi connectivity index (χ0n) is 10.4. The molecular weight excluding hydrogens is 202 g/mol. The molecule has 1 saturated heterocycles. The summed E-state index contributed by atoms with van der Waals surface area (Å²) in [5.74, 6) is 1.51. The lowest BCUT2D eigenvalue weighted by molar-refractivity contribution is -0.0567. The highest BCUT2D eigenvalue weighted by Gasteiger charge is 2.31. The normalized spacial score (nSPS) is 34.1. The van der Waals surface area contributed by atoms with Crippen molar-refractivity contribution in [3.8, 4) is 0 Å². The summed E-state index contributed by atoms with van der Waals surface area (Å²) < 4.78 is 11.0. The van der Waals surface area contributed by atoms with Crippen molar-refractivity contribution in [2.75, 3.05) is 13.2 Å². The van der Waals surface area contributed by atoms with Gasteiger partial charge in [-0.1, -0.05) is 32.6 Å². The monoisotopic (exact) mass is 227 g/mol. The van der Waals surface area contributed by atoms with Crippen molar-refractivity contribution < 1.29 is 9.47 Å². The van der Waals surface area contributed by atoms with Crippen LogP contribution < -0.4 is 5.73 Å². The lowest BCUT2D eigenvalue weighted by Crippen LogP contribution is -2.39. The van der Waals surface area contributed by atoms with Gasteiger partial charge in [0.1, 0.15) is 0 Å². The molecule has 1 aliphatic heterocycles. The van der Waals surface area contributed by atoms with Crippen molar-refractivity contribution in [2.45, 2.75) is 57.8 Å². The molecule has 2 rings (SSSR count). The molecule has 0 amide bonds. The van der Waals surface area contributed by atoms with Crippen LogP contribution in [0.1, 0.15) is 45.4 Å². The first-order valence-electron chi connectivity index (χ1n) is 6.80. The average Bonchev–Trinajstić information content (AvgIpc) is 2.81. The molecule has 0 aromatic rings. The lowest BCUT2D eigenvalue weighted by Gasteiger charge is -2.35. The first kappa shape index (κ1) is 12.3. The molecule has 94 valence electrons. The summed E-state index contributed by atoms with van der Waals surface area (Å²) in [7, 11) is 0. The van der Waals surface area contributed by atoms with E-state index in [1.165, 1.54) is 32.1 Å². The van der Waals surface area contributed by atoms with Crippen LogP contribution in [0.3, 0.4) is 0 Å². The Balaban J connectivity index is 1.83. The molecule has 2 N–H and O–H groups in total. The SMILES string of the molecule is CCC1CCCCC1C(N)CC1OCCO1. The second-order valence-electron chi connectivity index (χ2n) is 5.19. The van der Waals surface area contributed by atoms with Crippen molar-refractivity contribution in [3.05, 3.63) is 0 Å². The van der Waals surface area contributed by atoms with Crippen LogP contribution in [0.5, 0.6) is 0 Å². The van der Waals surface area contributed by atoms with Crippen LogP contribution in [0.15, 0.2) is 0 Å². The molecule has 1 heterocycles. The van der Waals surface area contributed by atoms with Gasteiger partial charge in [-0.3, -0.25) is 0 Å². The van der Waals surface area contributed by atoms with Crippen molar-refractivity contribution in [1.82, 2.24) is 0 Å². The van der Waals surface area contributed by atoms with Crippen molar-refractivity contribution in [1.29, 1.82) is 0 Å². The van der Waals surface area contributed by atoms with Gasteiger partial charge in [0.2, 0.25) is 0 Å². The summed E-state index contributed by atoms with van der Waals surface area (Å²) in [6.07, 6.45) is 7.51. The van der Waals surface area contributed by atoms with E-state index in [1.807, 2.05) is 0 Å². The zero-order valence-corrected chi connectivity index (χ0v) is 10.4. The van der Waals surface area contributed by atoms with Crippen LogP contribution in [0.2, 0.25) is 0 Å². The highest BCUT2D eigenvalue weighted by Crippen LogP contribution is 2.35. The predicted octanol–water partition coefficient (Wildman–Crippen LogP) is 2.29. The maximum absolute atomic E-state index is 6.33. The molecule has 0 bridgehead atoms. The average molecular weight is 227 g/mol. The van der Waals surface area contributed by atoms with Gasteiger partial charge in [-0.2, -0.15) is 0 Å². The van der Waals surface area contributed by atoms with Gasteiger partial charge in [0.15, 0.2) is 6.29 Å². The maximum atomic E-state index is 6.33. The third-order valence-electron chi connectivity index (χ3n) is 4.20. The Morgan fingerprint density at radius 2 is 1.88 bits per heavy atom. The van der Waals surface area contributed by atoms with Gasteiger partial charge in [0, 0.05) is 12.5 Å². The van der Waals surface area contributed by atoms with E-state index in [-0.39, 0.29) is 12.3 Å². The highest BCUT2D eigenvalue weighted by molar-refractivity contribution is 4.83. The van der Waals surface area contributed by atoms with E-state index in [1.54, 1.807) is 0 Å². The summed E-state index contributed by atoms with van der Waals surface area (Å²) in [4.78, 5) is 0. The largest absolute Gasteiger partial charge is 0.350 e. The van der Waals surface area contributed by atoms with Gasteiger partial charge in [-0.05, 0) is 18.3 Å². The number of nitrogens with two attached hydrogens (primary N) is 1. The molecule has 0 radical (unpaired) electrons. The first-order valence-corrected chi connectivity index (χ1v) is 6.80. The van der Waals surface area contributed by atoms with Gasteiger partial charge >= 0.3 is 0 Å². The van der Waals surface area contributed by atoms with Crippen molar-refractivity contribution in [2.24, 2.45) is 17.6 Å². The Morgan fingerprint density at radius 3 is 2.56 bits per heavy atom. The van der Waals surface area contributed by atoms with E-state index in [9.17, 15) is 0 Å². The number of hydrogen-bond donors (Lipinski definition) is 1. The van der Waals surface area contributed by atoms with E-state index in [0.29, 0.717) is 5.92 Å². The van der Waals surface area contributed by atoms with Crippen LogP contribution in [0.25, 0.3) is 0 Å². The second kappa shape index (κ2) is 5.99. The van der Waals surface area contributed by atoms with E-state index < -0.39 is 0 Å². The molecule has 0 aromatic carbocycles. The predicted molar refractivity (Wildman–Crippen MR) is 64.0 cm³/mol. The minimum Gasteiger partial charge on any atom is -0.350 e. The molecular formula is C13H25NO2. The Labute approximate surface area is 98.7 Å². The molecule has 2 fully saturated rings. The fourth-order valence-electron chi connectivity index (χ4n) is 3.25. The Hall–Kier alpha value is -0.120. The number of ether oxygens (including phenoxy) is 2. The number of hydrogen-bond acceptors (Lipinski definition) is 3. The topological polar surface area (TPSA) is 44.5 Å². The van der Waals surface area contributed by atoms with Gasteiger partial charge in [-0.15, -0.1) is 0 Å². The molecule has 3 unspecified atom stereocenters. The van der Waals surface area contributed by atoms with E-state index in [4.69, 9.17) is 15.2 Å². The van der Waals surface area contributed by atoms with Crippen LogP contribution in [-0.4, -0.2) is 25.5 Å². The van der Waals surface area contributed by atoms with Crippen LogP contribution in [0.4, 0.5) is 0 Å². The van der Waals surface area contributed by atoms with Gasteiger partial charge in [0.25, 0.3) is 0 Å². The van der Waals surface area contributed by atoms with Gasteiger partial charge in [0.05, 0.1) is 13.2 Å². The van der Waals surface area contributed by atoms with E-state index in [2.05, 4.69) is 6.92 Å². The lowest BCUT2D eigenvalue weighted by atomic mass is 9.73. The third-order valence-corrected chi connectivity index (χ3v) is 4.20. The second-order valence-corrected chi connectivity index (χ2v) is 5.19. The molecule has 3 atom stereocenters. The zero-order chi connectivity index (χ0) is 11.4. The summed E-state index contributed by atoms with van der Waals surface area (Å²) in [5.41, 5.74) is 6.33. The molecule has 0 spiro atoms. The van der Waals surface area contributed by atoms with Gasteiger partial charge in [-0.25, -0.2) is 0 Å². The summed E-state index contributed by atoms with van der Waals surface area (Å²) in [6.45, 7) is 3.76. The van der Waals surface area contributed by atoms with Crippen LogP contribution in [-0.2, 0) is 9.47 Å². The van der Waals surface area contributed by atoms with E-state index in [0.717, 1.165) is 25.6 Å². The standard InChI is InChI=1S/C13H25NO2/c1-2-10-5-3-4-6-11(10)12(14)9-13-15-7-8-16-13/h10-13H,2-9,14H2,1H3. The molecule has 1 saturated carbocycles. The summed E-state index contributed by atoms with van der Waals surface area (Å²) in [6, 6.07) is 0.258. The van der Waals surface area contributed by atoms with Crippen LogP contribution >= 0.6 is 0 Å². The van der Waals surface area contributed by atoms with Crippen molar-refractivity contribution in [3.63, 3.8) is 0 Å². The molecule has 2 aliphatic rings. The number of rotatable bonds is 4. The minimum atomic E-state index is -0.0329. The molecule has 3 heteroatoms. The summed E-state index contributed by atoms with van der Waals surface area (Å²) >= 11 is 0. The van der Waals surface area contributed by atoms with Crippen molar-refractivity contribution >= 4 is 0 Å². The fraction of sp³-hybridized carbons (Fsp3) is 1.00. The first-order chi connectivity index (χ1) is 7.81. The quantitative estimate of drug-likeness (QED) is 0.801. The molecule has 1 aliphatic carbocycles.